The Hall–Kier alpha value is -1.35. The Balaban J connectivity index is 3.07. The van der Waals surface area contributed by atoms with Crippen molar-refractivity contribution in [2.75, 3.05) is 21.2 Å². The Labute approximate surface area is 116 Å². The molecule has 0 radical (unpaired) electrons. The van der Waals surface area contributed by atoms with Gasteiger partial charge in [-0.1, -0.05) is 38.1 Å². The van der Waals surface area contributed by atoms with Crippen molar-refractivity contribution < 1.29 is 9.53 Å². The predicted molar refractivity (Wildman–Crippen MR) is 78.0 cm³/mol. The highest BCUT2D eigenvalue weighted by molar-refractivity contribution is 5.73. The second-order valence-corrected chi connectivity index (χ2v) is 5.04. The van der Waals surface area contributed by atoms with Crippen molar-refractivity contribution in [2.45, 2.75) is 32.7 Å². The summed E-state index contributed by atoms with van der Waals surface area (Å²) in [6.45, 7) is 4.17. The average Bonchev–Trinajstić information content (AvgIpc) is 2.43. The zero-order valence-electron chi connectivity index (χ0n) is 12.6. The molecule has 1 aromatic carbocycles. The van der Waals surface area contributed by atoms with E-state index in [1.54, 1.807) is 0 Å². The largest absolute Gasteiger partial charge is 0.469 e. The molecule has 1 rings (SSSR count). The molecular formula is C16H25NO2. The highest BCUT2D eigenvalue weighted by Gasteiger charge is 2.30. The Bertz CT molecular complexity index is 398. The van der Waals surface area contributed by atoms with Gasteiger partial charge in [0, 0.05) is 6.04 Å². The summed E-state index contributed by atoms with van der Waals surface area (Å²) < 4.78 is 4.94. The van der Waals surface area contributed by atoms with E-state index in [0.29, 0.717) is 0 Å². The Morgan fingerprint density at radius 1 is 1.21 bits per heavy atom. The van der Waals surface area contributed by atoms with Crippen molar-refractivity contribution in [1.29, 1.82) is 0 Å². The lowest BCUT2D eigenvalue weighted by molar-refractivity contribution is -0.148. The van der Waals surface area contributed by atoms with E-state index in [9.17, 15) is 4.79 Å². The van der Waals surface area contributed by atoms with E-state index >= 15 is 0 Å². The van der Waals surface area contributed by atoms with E-state index in [4.69, 9.17) is 4.74 Å². The van der Waals surface area contributed by atoms with Gasteiger partial charge >= 0.3 is 5.97 Å². The van der Waals surface area contributed by atoms with Crippen LogP contribution in [0.3, 0.4) is 0 Å². The van der Waals surface area contributed by atoms with Crippen molar-refractivity contribution in [1.82, 2.24) is 4.90 Å². The minimum absolute atomic E-state index is 0.0587. The van der Waals surface area contributed by atoms with Crippen molar-refractivity contribution in [3.63, 3.8) is 0 Å². The maximum absolute atomic E-state index is 11.9. The normalized spacial score (nSPS) is 14.2. The SMILES string of the molecule is CCc1ccc(C(C(CC)C(=O)OC)N(C)C)cc1. The van der Waals surface area contributed by atoms with Gasteiger partial charge < -0.3 is 9.64 Å². The molecule has 2 unspecified atom stereocenters. The van der Waals surface area contributed by atoms with Crippen LogP contribution in [0.5, 0.6) is 0 Å². The number of hydrogen-bond donors (Lipinski definition) is 0. The van der Waals surface area contributed by atoms with Crippen LogP contribution in [0.2, 0.25) is 0 Å². The number of carbonyl (C=O) groups is 1. The fraction of sp³-hybridized carbons (Fsp3) is 0.562. The molecule has 2 atom stereocenters. The quantitative estimate of drug-likeness (QED) is 0.739. The van der Waals surface area contributed by atoms with E-state index < -0.39 is 0 Å². The molecule has 3 nitrogen and oxygen atoms in total. The molecule has 0 aliphatic carbocycles. The summed E-state index contributed by atoms with van der Waals surface area (Å²) in [5.74, 6) is -0.270. The van der Waals surface area contributed by atoms with Gasteiger partial charge in [0.2, 0.25) is 0 Å². The molecule has 0 bridgehead atoms. The van der Waals surface area contributed by atoms with Crippen molar-refractivity contribution >= 4 is 5.97 Å². The highest BCUT2D eigenvalue weighted by Crippen LogP contribution is 2.30. The zero-order valence-corrected chi connectivity index (χ0v) is 12.6. The van der Waals surface area contributed by atoms with Crippen LogP contribution >= 0.6 is 0 Å². The Morgan fingerprint density at radius 2 is 1.79 bits per heavy atom. The van der Waals surface area contributed by atoms with Gasteiger partial charge in [-0.2, -0.15) is 0 Å². The molecule has 106 valence electrons. The number of methoxy groups -OCH3 is 1. The van der Waals surface area contributed by atoms with Gasteiger partial charge in [0.15, 0.2) is 0 Å². The van der Waals surface area contributed by atoms with E-state index in [1.165, 1.54) is 18.2 Å². The molecular weight excluding hydrogens is 238 g/mol. The van der Waals surface area contributed by atoms with E-state index in [2.05, 4.69) is 36.1 Å². The fourth-order valence-corrected chi connectivity index (χ4v) is 2.51. The molecule has 0 fully saturated rings. The number of carbonyl (C=O) groups excluding carboxylic acids is 1. The van der Waals surface area contributed by atoms with Gasteiger partial charge in [-0.25, -0.2) is 0 Å². The van der Waals surface area contributed by atoms with Gasteiger partial charge in [-0.05, 0) is 38.1 Å². The second kappa shape index (κ2) is 7.29. The van der Waals surface area contributed by atoms with Crippen molar-refractivity contribution in [3.05, 3.63) is 35.4 Å². The van der Waals surface area contributed by atoms with Gasteiger partial charge in [0.05, 0.1) is 13.0 Å². The molecule has 0 aliphatic heterocycles. The topological polar surface area (TPSA) is 29.5 Å². The fourth-order valence-electron chi connectivity index (χ4n) is 2.51. The van der Waals surface area contributed by atoms with E-state index in [0.717, 1.165) is 12.8 Å². The molecule has 0 heterocycles. The lowest BCUT2D eigenvalue weighted by atomic mass is 9.89. The first-order valence-electron chi connectivity index (χ1n) is 6.88. The first-order chi connectivity index (χ1) is 9.04. The van der Waals surface area contributed by atoms with Crippen LogP contribution in [-0.2, 0) is 16.0 Å². The van der Waals surface area contributed by atoms with E-state index in [-0.39, 0.29) is 17.9 Å². The molecule has 0 saturated carbocycles. The lowest BCUT2D eigenvalue weighted by Gasteiger charge is -2.30. The zero-order chi connectivity index (χ0) is 14.4. The number of benzene rings is 1. The number of aryl methyl sites for hydroxylation is 1. The number of ether oxygens (including phenoxy) is 1. The van der Waals surface area contributed by atoms with Crippen molar-refractivity contribution in [2.24, 2.45) is 5.92 Å². The number of hydrogen-bond acceptors (Lipinski definition) is 3. The molecule has 3 heteroatoms. The Kier molecular flexibility index (Phi) is 6.03. The molecule has 19 heavy (non-hydrogen) atoms. The van der Waals surface area contributed by atoms with Crippen LogP contribution in [0.15, 0.2) is 24.3 Å². The smallest absolute Gasteiger partial charge is 0.310 e. The molecule has 0 saturated heterocycles. The standard InChI is InChI=1S/C16H25NO2/c1-6-12-8-10-13(11-9-12)15(17(3)4)14(7-2)16(18)19-5/h8-11,14-15H,6-7H2,1-5H3. The molecule has 1 aromatic rings. The molecule has 0 amide bonds. The van der Waals surface area contributed by atoms with Crippen LogP contribution in [0, 0.1) is 5.92 Å². The van der Waals surface area contributed by atoms with Gasteiger partial charge in [0.1, 0.15) is 0 Å². The first-order valence-corrected chi connectivity index (χ1v) is 6.88. The summed E-state index contributed by atoms with van der Waals surface area (Å²) in [4.78, 5) is 14.0. The third-order valence-electron chi connectivity index (χ3n) is 3.61. The van der Waals surface area contributed by atoms with Gasteiger partial charge in [0.25, 0.3) is 0 Å². The molecule has 0 N–H and O–H groups in total. The summed E-state index contributed by atoms with van der Waals surface area (Å²) in [5.41, 5.74) is 2.48. The highest BCUT2D eigenvalue weighted by atomic mass is 16.5. The van der Waals surface area contributed by atoms with Crippen LogP contribution in [0.1, 0.15) is 37.4 Å². The van der Waals surface area contributed by atoms with E-state index in [1.807, 2.05) is 21.0 Å². The number of rotatable bonds is 6. The molecule has 0 aliphatic rings. The van der Waals surface area contributed by atoms with Crippen molar-refractivity contribution in [3.8, 4) is 0 Å². The minimum Gasteiger partial charge on any atom is -0.469 e. The maximum atomic E-state index is 11.9. The van der Waals surface area contributed by atoms with Crippen LogP contribution in [0.4, 0.5) is 0 Å². The first kappa shape index (κ1) is 15.7. The van der Waals surface area contributed by atoms with Gasteiger partial charge in [-0.15, -0.1) is 0 Å². The van der Waals surface area contributed by atoms with Crippen LogP contribution < -0.4 is 0 Å². The third-order valence-corrected chi connectivity index (χ3v) is 3.61. The maximum Gasteiger partial charge on any atom is 0.310 e. The lowest BCUT2D eigenvalue weighted by Crippen LogP contribution is -2.32. The summed E-state index contributed by atoms with van der Waals surface area (Å²) in [7, 11) is 5.46. The summed E-state index contributed by atoms with van der Waals surface area (Å²) in [5, 5.41) is 0. The van der Waals surface area contributed by atoms with Crippen LogP contribution in [-0.4, -0.2) is 32.1 Å². The Morgan fingerprint density at radius 3 is 2.16 bits per heavy atom. The minimum atomic E-state index is -0.138. The predicted octanol–water partition coefficient (Wildman–Crippen LogP) is 3.05. The second-order valence-electron chi connectivity index (χ2n) is 5.04. The van der Waals surface area contributed by atoms with Gasteiger partial charge in [-0.3, -0.25) is 4.79 Å². The molecule has 0 aromatic heterocycles. The third kappa shape index (κ3) is 3.80. The number of esters is 1. The molecule has 0 spiro atoms. The summed E-state index contributed by atoms with van der Waals surface area (Å²) in [6, 6.07) is 8.57. The summed E-state index contributed by atoms with van der Waals surface area (Å²) >= 11 is 0. The van der Waals surface area contributed by atoms with Crippen LogP contribution in [0.25, 0.3) is 0 Å². The number of nitrogens with zero attached hydrogens (tertiary/aromatic N) is 1. The monoisotopic (exact) mass is 263 g/mol. The average molecular weight is 263 g/mol. The summed E-state index contributed by atoms with van der Waals surface area (Å²) in [6.07, 6.45) is 1.80.